The molecule has 5 heterocycles. The summed E-state index contributed by atoms with van der Waals surface area (Å²) in [6.45, 7) is 6.96. The zero-order valence-corrected chi connectivity index (χ0v) is 39.6. The van der Waals surface area contributed by atoms with Crippen LogP contribution in [0.2, 0.25) is 0 Å². The number of hydrogen-bond donors (Lipinski definition) is 2. The maximum absolute atomic E-state index is 13.9. The van der Waals surface area contributed by atoms with E-state index in [9.17, 15) is 35.9 Å². The lowest BCUT2D eigenvalue weighted by Crippen LogP contribution is -2.44. The fourth-order valence-electron chi connectivity index (χ4n) is 7.63. The zero-order valence-electron chi connectivity index (χ0n) is 38.8. The van der Waals surface area contributed by atoms with E-state index in [-0.39, 0.29) is 46.1 Å². The minimum atomic E-state index is -4.58. The number of aromatic nitrogens is 6. The van der Waals surface area contributed by atoms with Gasteiger partial charge in [-0.3, -0.25) is 14.5 Å². The third kappa shape index (κ3) is 12.1. The van der Waals surface area contributed by atoms with Crippen molar-refractivity contribution in [1.29, 1.82) is 0 Å². The SMILES string of the molecule is Cc1ccc(C(=O)Nc2ccc(CCl)c(C(F)(F)F)c2)cc1C#Cc1cnc2cccnn12.Cc1ccc(C(=O)Nc2ccc(CN3CCN(C)CC3)c(C(F)(F)F)c2)cc1C#Cc1cnc2cccnn12. The van der Waals surface area contributed by atoms with Crippen LogP contribution in [0.25, 0.3) is 11.3 Å². The minimum absolute atomic E-state index is 0.0196. The maximum Gasteiger partial charge on any atom is 0.416 e. The molecule has 1 aliphatic rings. The normalized spacial score (nSPS) is 13.1. The van der Waals surface area contributed by atoms with Gasteiger partial charge in [-0.2, -0.15) is 36.5 Å². The summed E-state index contributed by atoms with van der Waals surface area (Å²) in [5, 5.41) is 13.6. The van der Waals surface area contributed by atoms with Crippen LogP contribution in [-0.2, 0) is 24.8 Å². The number of aryl methyl sites for hydroxylation is 2. The van der Waals surface area contributed by atoms with Crippen LogP contribution in [0.4, 0.5) is 37.7 Å². The van der Waals surface area contributed by atoms with Crippen LogP contribution >= 0.6 is 11.6 Å². The van der Waals surface area contributed by atoms with Gasteiger partial charge in [0.15, 0.2) is 11.3 Å². The highest BCUT2D eigenvalue weighted by Crippen LogP contribution is 2.36. The molecule has 0 atom stereocenters. The number of alkyl halides is 7. The molecule has 72 heavy (non-hydrogen) atoms. The summed E-state index contributed by atoms with van der Waals surface area (Å²) in [6, 6.07) is 24.6. The Morgan fingerprint density at radius 2 is 1.07 bits per heavy atom. The summed E-state index contributed by atoms with van der Waals surface area (Å²) >= 11 is 5.61. The molecule has 0 bridgehead atoms. The van der Waals surface area contributed by atoms with E-state index in [0.29, 0.717) is 46.9 Å². The van der Waals surface area contributed by atoms with Gasteiger partial charge in [0.1, 0.15) is 11.4 Å². The smallest absolute Gasteiger partial charge is 0.322 e. The number of nitrogens with zero attached hydrogens (tertiary/aromatic N) is 8. The standard InChI is InChI=1S/C29H27F3N6O.C24H16ClF3N4O/c1-20-5-6-22(16-21(20)8-10-25-18-33-27-4-3-11-34-38(25)27)28(39)35-24-9-7-23(26(17-24)29(30,31)32)19-37-14-12-36(2)13-15-37;1-15-4-5-17(11-16(15)7-9-20-14-29-22-3-2-10-30-32(20)22)23(33)31-19-8-6-18(13-25)21(12-19)24(26,27)28/h3-7,9,11,16-18H,12-15,19H2,1-2H3,(H,35,39);2-6,8,10-12,14H,13H2,1H3,(H,31,33). The fraction of sp³-hybridized carbons (Fsp3) is 0.208. The van der Waals surface area contributed by atoms with Gasteiger partial charge in [0.2, 0.25) is 0 Å². The van der Waals surface area contributed by atoms with Crippen molar-refractivity contribution in [2.75, 3.05) is 43.9 Å². The second-order valence-corrected chi connectivity index (χ2v) is 17.1. The first-order valence-corrected chi connectivity index (χ1v) is 22.8. The molecule has 0 spiro atoms. The van der Waals surface area contributed by atoms with Gasteiger partial charge in [-0.15, -0.1) is 11.6 Å². The number of amides is 2. The number of halogens is 7. The summed E-state index contributed by atoms with van der Waals surface area (Å²) in [5.41, 5.74) is 4.58. The molecule has 4 aromatic heterocycles. The number of anilines is 2. The van der Waals surface area contributed by atoms with Gasteiger partial charge in [0.25, 0.3) is 11.8 Å². The molecule has 9 rings (SSSR count). The molecule has 2 amide bonds. The Morgan fingerprint density at radius 3 is 1.53 bits per heavy atom. The van der Waals surface area contributed by atoms with E-state index in [1.165, 1.54) is 24.3 Å². The molecular formula is C53H43ClF6N10O2. The van der Waals surface area contributed by atoms with Gasteiger partial charge in [-0.05, 0) is 128 Å². The topological polar surface area (TPSA) is 125 Å². The van der Waals surface area contributed by atoms with E-state index in [2.05, 4.69) is 59.4 Å². The second kappa shape index (κ2) is 21.5. The summed E-state index contributed by atoms with van der Waals surface area (Å²) in [7, 11) is 2.00. The van der Waals surface area contributed by atoms with Crippen molar-refractivity contribution in [1.82, 2.24) is 39.0 Å². The molecule has 1 fully saturated rings. The van der Waals surface area contributed by atoms with Crippen molar-refractivity contribution in [2.24, 2.45) is 0 Å². The molecule has 0 saturated carbocycles. The van der Waals surface area contributed by atoms with Gasteiger partial charge in [0.05, 0.1) is 23.5 Å². The highest BCUT2D eigenvalue weighted by molar-refractivity contribution is 6.17. The molecule has 0 unspecified atom stereocenters. The first kappa shape index (κ1) is 50.4. The molecule has 366 valence electrons. The number of carbonyl (C=O) groups excluding carboxylic acids is 2. The first-order valence-electron chi connectivity index (χ1n) is 22.3. The maximum atomic E-state index is 13.9. The van der Waals surface area contributed by atoms with E-state index in [0.717, 1.165) is 36.3 Å². The van der Waals surface area contributed by atoms with Crippen LogP contribution in [0.15, 0.2) is 122 Å². The van der Waals surface area contributed by atoms with Crippen LogP contribution in [-0.4, -0.2) is 84.0 Å². The number of hydrogen-bond acceptors (Lipinski definition) is 8. The van der Waals surface area contributed by atoms with Gasteiger partial charge < -0.3 is 15.5 Å². The summed E-state index contributed by atoms with van der Waals surface area (Å²) in [4.78, 5) is 38.4. The fourth-order valence-corrected chi connectivity index (χ4v) is 7.86. The Morgan fingerprint density at radius 1 is 0.611 bits per heavy atom. The average Bonchev–Trinajstić information content (AvgIpc) is 3.98. The van der Waals surface area contributed by atoms with Crippen LogP contribution in [0.1, 0.15) is 76.6 Å². The first-order chi connectivity index (χ1) is 34.4. The van der Waals surface area contributed by atoms with Crippen molar-refractivity contribution in [3.63, 3.8) is 0 Å². The molecule has 12 nitrogen and oxygen atoms in total. The summed E-state index contributed by atoms with van der Waals surface area (Å²) < 4.78 is 84.8. The number of carbonyl (C=O) groups is 2. The number of imidazole rings is 2. The number of piperazine rings is 1. The number of nitrogens with one attached hydrogen (secondary N) is 2. The Kier molecular flexibility index (Phi) is 15.1. The number of likely N-dealkylation sites (N-methyl/N-ethyl adjacent to an activating group) is 1. The van der Waals surface area contributed by atoms with E-state index in [1.807, 2.05) is 31.9 Å². The second-order valence-electron chi connectivity index (χ2n) is 16.8. The van der Waals surface area contributed by atoms with Crippen LogP contribution in [0.3, 0.4) is 0 Å². The highest BCUT2D eigenvalue weighted by atomic mass is 35.5. The largest absolute Gasteiger partial charge is 0.416 e. The molecule has 1 saturated heterocycles. The molecular weight excluding hydrogens is 958 g/mol. The average molecular weight is 1000 g/mol. The summed E-state index contributed by atoms with van der Waals surface area (Å²) in [5.74, 6) is 10.7. The Bertz CT molecular complexity index is 3450. The third-order valence-corrected chi connectivity index (χ3v) is 12.0. The van der Waals surface area contributed by atoms with Gasteiger partial charge >= 0.3 is 12.4 Å². The minimum Gasteiger partial charge on any atom is -0.322 e. The molecule has 2 N–H and O–H groups in total. The lowest BCUT2D eigenvalue weighted by Gasteiger charge is -2.33. The number of rotatable bonds is 7. The summed E-state index contributed by atoms with van der Waals surface area (Å²) in [6.07, 6.45) is -2.64. The van der Waals surface area contributed by atoms with E-state index < -0.39 is 35.3 Å². The van der Waals surface area contributed by atoms with Crippen molar-refractivity contribution in [2.45, 2.75) is 38.6 Å². The quantitative estimate of drug-likeness (QED) is 0.0919. The van der Waals surface area contributed by atoms with Gasteiger partial charge in [-0.25, -0.2) is 19.0 Å². The predicted octanol–water partition coefficient (Wildman–Crippen LogP) is 9.90. The van der Waals surface area contributed by atoms with Crippen molar-refractivity contribution in [3.8, 4) is 23.7 Å². The van der Waals surface area contributed by atoms with Crippen molar-refractivity contribution in [3.05, 3.63) is 189 Å². The van der Waals surface area contributed by atoms with Gasteiger partial charge in [-0.1, -0.05) is 36.1 Å². The number of fused-ring (bicyclic) bond motifs is 2. The molecule has 19 heteroatoms. The molecule has 8 aromatic rings. The molecule has 1 aliphatic heterocycles. The predicted molar refractivity (Wildman–Crippen MR) is 261 cm³/mol. The Hall–Kier alpha value is -8.03. The van der Waals surface area contributed by atoms with Crippen molar-refractivity contribution < 1.29 is 35.9 Å². The monoisotopic (exact) mass is 1000 g/mol. The highest BCUT2D eigenvalue weighted by Gasteiger charge is 2.35. The van der Waals surface area contributed by atoms with E-state index in [4.69, 9.17) is 11.6 Å². The number of benzene rings is 4. The lowest BCUT2D eigenvalue weighted by atomic mass is 10.0. The Balaban J connectivity index is 0.000000195. The zero-order chi connectivity index (χ0) is 51.2. The lowest BCUT2D eigenvalue weighted by molar-refractivity contribution is -0.139. The third-order valence-electron chi connectivity index (χ3n) is 11.7. The van der Waals surface area contributed by atoms with E-state index >= 15 is 0 Å². The van der Waals surface area contributed by atoms with Crippen molar-refractivity contribution >= 4 is 46.1 Å². The molecule has 0 aliphatic carbocycles. The van der Waals surface area contributed by atoms with E-state index in [1.54, 1.807) is 88.4 Å². The molecule has 0 radical (unpaired) electrons. The van der Waals surface area contributed by atoms with Crippen LogP contribution in [0, 0.1) is 37.5 Å². The van der Waals surface area contributed by atoms with Gasteiger partial charge in [0, 0.05) is 84.6 Å². The van der Waals surface area contributed by atoms with Crippen LogP contribution < -0.4 is 10.6 Å². The molecule has 4 aromatic carbocycles. The Labute approximate surface area is 414 Å². The van der Waals surface area contributed by atoms with Crippen LogP contribution in [0.5, 0.6) is 0 Å².